The van der Waals surface area contributed by atoms with Crippen LogP contribution in [0.4, 0.5) is 18.3 Å². The van der Waals surface area contributed by atoms with Crippen molar-refractivity contribution in [2.24, 2.45) is 5.16 Å². The van der Waals surface area contributed by atoms with Gasteiger partial charge in [-0.2, -0.15) is 17.7 Å². The summed E-state index contributed by atoms with van der Waals surface area (Å²) >= 11 is 3.65. The molecule has 2 aromatic heterocycles. The fourth-order valence-corrected chi connectivity index (χ4v) is 11.8. The number of thioether (sulfide) groups is 2. The lowest BCUT2D eigenvalue weighted by Crippen LogP contribution is -3.00. The highest BCUT2D eigenvalue weighted by atomic mass is 127. The van der Waals surface area contributed by atoms with E-state index in [2.05, 4.69) is 15.8 Å². The number of ether oxygens (including phenoxy) is 1. The van der Waals surface area contributed by atoms with Crippen LogP contribution in [-0.4, -0.2) is 79.2 Å². The predicted molar refractivity (Wildman–Crippen MR) is 281 cm³/mol. The minimum absolute atomic E-state index is 0. The highest BCUT2D eigenvalue weighted by Gasteiger charge is 2.54. The molecular weight excluding hydrogens is 1150 g/mol. The zero-order valence-corrected chi connectivity index (χ0v) is 45.2. The van der Waals surface area contributed by atoms with Gasteiger partial charge in [-0.1, -0.05) is 157 Å². The molecule has 2 amide bonds. The fourth-order valence-electron chi connectivity index (χ4n) is 8.64. The van der Waals surface area contributed by atoms with E-state index in [4.69, 9.17) is 14.6 Å². The number of benzene rings is 5. The number of fused-ring (bicyclic) bond motifs is 1. The first kappa shape index (κ1) is 55.2. The van der Waals surface area contributed by atoms with Crippen LogP contribution in [0.25, 0.3) is 0 Å². The van der Waals surface area contributed by atoms with E-state index in [1.807, 2.05) is 152 Å². The van der Waals surface area contributed by atoms with Gasteiger partial charge in [-0.15, -0.1) is 34.9 Å². The van der Waals surface area contributed by atoms with Crippen LogP contribution in [-0.2, 0) is 40.8 Å². The Balaban J connectivity index is 0.00000765. The van der Waals surface area contributed by atoms with Crippen LogP contribution in [0, 0.1) is 0 Å². The maximum Gasteiger partial charge on any atom is 0.448 e. The number of β-lactam (4-membered cyclic amide) rings is 1. The van der Waals surface area contributed by atoms with E-state index in [1.54, 1.807) is 5.38 Å². The topological polar surface area (TPSA) is 163 Å². The average Bonchev–Trinajstić information content (AvgIpc) is 3.88. The van der Waals surface area contributed by atoms with Crippen molar-refractivity contribution in [3.8, 4) is 0 Å². The lowest BCUT2D eigenvalue weighted by atomic mass is 9.77. The maximum atomic E-state index is 14.7. The van der Waals surface area contributed by atoms with Crippen LogP contribution in [0.1, 0.15) is 53.5 Å². The highest BCUT2D eigenvalue weighted by molar-refractivity contribution is 8.01. The Bertz CT molecular complexity index is 3090. The number of anilines is 1. The smallest absolute Gasteiger partial charge is 0.448 e. The average molecular weight is 1200 g/mol. The normalized spacial score (nSPS) is 15.7. The van der Waals surface area contributed by atoms with Gasteiger partial charge in [-0.05, 0) is 47.2 Å². The lowest BCUT2D eigenvalue weighted by molar-refractivity contribution is -0.719. The number of carbonyl (C=O) groups excluding carboxylic acids is 3. The van der Waals surface area contributed by atoms with Crippen LogP contribution in [0.3, 0.4) is 0 Å². The Morgan fingerprint density at radius 1 is 0.816 bits per heavy atom. The van der Waals surface area contributed by atoms with Crippen molar-refractivity contribution in [3.05, 3.63) is 226 Å². The molecule has 20 heteroatoms. The van der Waals surface area contributed by atoms with Crippen molar-refractivity contribution in [2.75, 3.05) is 16.8 Å². The minimum Gasteiger partial charge on any atom is -1.00 e. The zero-order valence-electron chi connectivity index (χ0n) is 40.6. The molecule has 0 unspecified atom stereocenters. The van der Waals surface area contributed by atoms with Gasteiger partial charge in [0.1, 0.15) is 28.3 Å². The van der Waals surface area contributed by atoms with Crippen LogP contribution < -0.4 is 39.2 Å². The van der Waals surface area contributed by atoms with Gasteiger partial charge in [-0.3, -0.25) is 14.5 Å². The molecule has 76 heavy (non-hydrogen) atoms. The largest absolute Gasteiger partial charge is 1.00 e. The Morgan fingerprint density at radius 2 is 1.33 bits per heavy atom. The second-order valence-corrected chi connectivity index (χ2v) is 20.9. The molecule has 0 aliphatic carbocycles. The number of carboxylic acids is 1. The van der Waals surface area contributed by atoms with E-state index in [-0.39, 0.29) is 52.6 Å². The molecule has 2 aliphatic rings. The quantitative estimate of drug-likeness (QED) is 0.0115. The number of aromatic nitrogens is 2. The molecule has 2 aliphatic heterocycles. The highest BCUT2D eigenvalue weighted by Crippen LogP contribution is 2.43. The van der Waals surface area contributed by atoms with Crippen LogP contribution >= 0.6 is 34.9 Å². The summed E-state index contributed by atoms with van der Waals surface area (Å²) in [6, 6.07) is 49.7. The summed E-state index contributed by atoms with van der Waals surface area (Å²) in [4.78, 5) is 68.3. The molecule has 1 fully saturated rings. The molecule has 0 radical (unpaired) electrons. The van der Waals surface area contributed by atoms with Crippen molar-refractivity contribution in [2.45, 2.75) is 60.1 Å². The third-order valence-electron chi connectivity index (χ3n) is 12.3. The monoisotopic (exact) mass is 1200 g/mol. The zero-order chi connectivity index (χ0) is 52.7. The summed E-state index contributed by atoms with van der Waals surface area (Å²) in [5.74, 6) is -3.42. The molecule has 0 spiro atoms. The summed E-state index contributed by atoms with van der Waals surface area (Å²) < 4.78 is 45.9. The number of nitrogens with zero attached hydrogens (tertiary/aromatic N) is 4. The molecule has 1 saturated heterocycles. The number of halogens is 4. The van der Waals surface area contributed by atoms with Gasteiger partial charge in [0.2, 0.25) is 12.1 Å². The summed E-state index contributed by atoms with van der Waals surface area (Å²) in [6.07, 6.45) is -2.63. The van der Waals surface area contributed by atoms with Crippen molar-refractivity contribution in [1.82, 2.24) is 15.2 Å². The van der Waals surface area contributed by atoms with Gasteiger partial charge in [0.25, 0.3) is 11.8 Å². The Labute approximate surface area is 465 Å². The van der Waals surface area contributed by atoms with Crippen LogP contribution in [0.5, 0.6) is 0 Å². The maximum absolute atomic E-state index is 14.7. The van der Waals surface area contributed by atoms with Gasteiger partial charge in [0.05, 0.1) is 0 Å². The number of rotatable bonds is 19. The van der Waals surface area contributed by atoms with E-state index >= 15 is 0 Å². The van der Waals surface area contributed by atoms with Gasteiger partial charge in [0.15, 0.2) is 29.3 Å². The first-order valence-electron chi connectivity index (χ1n) is 23.5. The number of alkyl halides is 3. The summed E-state index contributed by atoms with van der Waals surface area (Å²) in [5, 5.41) is 22.3. The van der Waals surface area contributed by atoms with Gasteiger partial charge in [0, 0.05) is 33.9 Å². The van der Waals surface area contributed by atoms with E-state index in [1.165, 1.54) is 73.2 Å². The number of nitrogens with one attached hydrogen (secondary N) is 2. The number of hydrogen-bond acceptors (Lipinski definition) is 12. The SMILES string of the molecule is CC(C)(O/N=C(\C(=O)N[C@@H]1C(=O)N2C(C(=O)O)=C(CSc3cc[n+](CC(F)(F)F)cc3)CS[C@H]12)c1csc(NC(c2ccccc2)(c2ccccc2)c2ccccc2)n1)C(=O)OC(c1ccccc1)c1ccccc1.[I-]. The first-order valence-corrected chi connectivity index (χ1v) is 26.4. The third kappa shape index (κ3) is 12.3. The number of amides is 2. The molecule has 13 nitrogen and oxygen atoms in total. The summed E-state index contributed by atoms with van der Waals surface area (Å²) in [7, 11) is 0. The molecule has 5 aromatic carbocycles. The molecule has 2 atom stereocenters. The molecule has 0 bridgehead atoms. The molecule has 3 N–H and O–H groups in total. The summed E-state index contributed by atoms with van der Waals surface area (Å²) in [5.41, 5.74) is 1.14. The number of carbonyl (C=O) groups is 4. The Hall–Kier alpha value is -7.01. The van der Waals surface area contributed by atoms with E-state index in [0.717, 1.165) is 26.2 Å². The Kier molecular flexibility index (Phi) is 17.4. The first-order chi connectivity index (χ1) is 36.1. The van der Waals surface area contributed by atoms with Crippen LogP contribution in [0.15, 0.2) is 203 Å². The van der Waals surface area contributed by atoms with E-state index < -0.39 is 65.1 Å². The number of thiazole rings is 1. The molecule has 4 heterocycles. The molecule has 0 saturated carbocycles. The minimum atomic E-state index is -4.40. The number of aliphatic carboxylic acids is 1. The van der Waals surface area contributed by atoms with Crippen molar-refractivity contribution in [3.63, 3.8) is 0 Å². The standard InChI is InChI=1S/C56H47F3N6O7S3.HI/c1-54(2,52(70)71-47(36-18-8-3-9-19-36)37-20-10-4-11-21-37)72-63-44(43-34-75-53(60-43)62-56(39-22-12-5-13-23-39,40-24-14-6-15-25-40)41-26-16-7-17-27-41)48(66)61-45-49(67)65-46(51(68)69)38(33-74-50(45)65)32-73-42-28-30-64(31-29-42)35-55(57,58)59;/h3-31,34,45,47,50H,32-33,35H2,1-2H3,(H2-,60,61,62,66,68,69);1H/b63-44-;/t45-,50-;/m1./s1. The molecular formula is C56H48F3IN6O7S3. The van der Waals surface area contributed by atoms with E-state index in [9.17, 15) is 37.5 Å². The lowest BCUT2D eigenvalue weighted by Gasteiger charge is -2.49. The number of esters is 1. The van der Waals surface area contributed by atoms with Gasteiger partial charge >= 0.3 is 18.1 Å². The fraction of sp³-hybridized carbons (Fsp3) is 0.196. The number of carboxylic acid groups (broad SMARTS) is 1. The summed E-state index contributed by atoms with van der Waals surface area (Å²) in [6.45, 7) is 1.75. The van der Waals surface area contributed by atoms with Gasteiger partial charge < -0.3 is 49.3 Å². The molecule has 9 rings (SSSR count). The third-order valence-corrected chi connectivity index (χ3v) is 15.5. The Morgan fingerprint density at radius 3 is 1.83 bits per heavy atom. The van der Waals surface area contributed by atoms with Crippen molar-refractivity contribution >= 4 is 69.5 Å². The number of oxime groups is 1. The molecule has 7 aromatic rings. The van der Waals surface area contributed by atoms with Crippen molar-refractivity contribution in [1.29, 1.82) is 0 Å². The second-order valence-electron chi connectivity index (χ2n) is 17.9. The van der Waals surface area contributed by atoms with Crippen molar-refractivity contribution < 1.29 is 75.6 Å². The second kappa shape index (κ2) is 23.9. The van der Waals surface area contributed by atoms with Crippen LogP contribution in [0.2, 0.25) is 0 Å². The number of hydrogen-bond donors (Lipinski definition) is 3. The molecule has 390 valence electrons. The number of pyridine rings is 1. The predicted octanol–water partition coefficient (Wildman–Crippen LogP) is 6.76. The van der Waals surface area contributed by atoms with E-state index in [0.29, 0.717) is 26.7 Å². The van der Waals surface area contributed by atoms with Gasteiger partial charge in [-0.25, -0.2) is 14.6 Å².